The Balaban J connectivity index is 2.32. The molecule has 1 fully saturated rings. The van der Waals surface area contributed by atoms with Gasteiger partial charge in [-0.25, -0.2) is 0 Å². The van der Waals surface area contributed by atoms with E-state index in [1.807, 2.05) is 0 Å². The van der Waals surface area contributed by atoms with Gasteiger partial charge in [0.2, 0.25) is 0 Å². The minimum atomic E-state index is 0.367. The van der Waals surface area contributed by atoms with Gasteiger partial charge >= 0.3 is 0 Å². The second-order valence-corrected chi connectivity index (χ2v) is 5.52. The lowest BCUT2D eigenvalue weighted by Crippen LogP contribution is -2.43. The Morgan fingerprint density at radius 2 is 1.92 bits per heavy atom. The third-order valence-corrected chi connectivity index (χ3v) is 3.91. The van der Waals surface area contributed by atoms with Gasteiger partial charge in [-0.2, -0.15) is 0 Å². The van der Waals surface area contributed by atoms with Gasteiger partial charge in [0.1, 0.15) is 0 Å². The van der Waals surface area contributed by atoms with Gasteiger partial charge in [-0.1, -0.05) is 22.9 Å². The molecule has 1 unspecified atom stereocenters. The van der Waals surface area contributed by atoms with E-state index in [-0.39, 0.29) is 0 Å². The van der Waals surface area contributed by atoms with Gasteiger partial charge in [-0.05, 0) is 38.8 Å². The van der Waals surface area contributed by atoms with E-state index in [0.29, 0.717) is 23.4 Å². The molecule has 2 atom stereocenters. The normalized spacial score (nSPS) is 25.8. The maximum Gasteiger partial charge on any atom is 0.0460 e. The second-order valence-electron chi connectivity index (χ2n) is 4.08. The Bertz CT molecular complexity index is 144. The van der Waals surface area contributed by atoms with Crippen LogP contribution in [0, 0.1) is 5.92 Å². The lowest BCUT2D eigenvalue weighted by atomic mass is 9.96. The van der Waals surface area contributed by atoms with Gasteiger partial charge in [0, 0.05) is 17.5 Å². The Hall–Kier alpha value is 0.400. The second kappa shape index (κ2) is 5.32. The van der Waals surface area contributed by atoms with E-state index >= 15 is 0 Å². The quantitative estimate of drug-likeness (QED) is 0.773. The Morgan fingerprint density at radius 3 is 2.31 bits per heavy atom. The molecule has 2 nitrogen and oxygen atoms in total. The third-order valence-electron chi connectivity index (χ3n) is 3.15. The Kier molecular flexibility index (Phi) is 4.70. The highest BCUT2D eigenvalue weighted by atomic mass is 79.9. The number of alkyl halides is 1. The van der Waals surface area contributed by atoms with Crippen molar-refractivity contribution in [1.82, 2.24) is 4.90 Å². The number of hydrogen-bond acceptors (Lipinski definition) is 2. The molecule has 1 aliphatic rings. The number of aliphatic hydroxyl groups is 1. The summed E-state index contributed by atoms with van der Waals surface area (Å²) in [5.41, 5.74) is 0. The van der Waals surface area contributed by atoms with Crippen molar-refractivity contribution >= 4 is 15.9 Å². The summed E-state index contributed by atoms with van der Waals surface area (Å²) in [7, 11) is 0. The van der Waals surface area contributed by atoms with E-state index in [0.717, 1.165) is 25.9 Å². The van der Waals surface area contributed by atoms with Gasteiger partial charge in [0.05, 0.1) is 0 Å². The van der Waals surface area contributed by atoms with Crippen molar-refractivity contribution in [2.24, 2.45) is 5.92 Å². The predicted molar refractivity (Wildman–Crippen MR) is 59.2 cm³/mol. The molecule has 0 aromatic carbocycles. The molecule has 0 aromatic heterocycles. The minimum Gasteiger partial charge on any atom is -0.396 e. The van der Waals surface area contributed by atoms with E-state index in [2.05, 4.69) is 34.7 Å². The zero-order valence-electron chi connectivity index (χ0n) is 8.54. The number of rotatable bonds is 3. The lowest BCUT2D eigenvalue weighted by Gasteiger charge is -2.36. The summed E-state index contributed by atoms with van der Waals surface area (Å²) >= 11 is 3.62. The van der Waals surface area contributed by atoms with Crippen LogP contribution in [0.15, 0.2) is 0 Å². The summed E-state index contributed by atoms with van der Waals surface area (Å²) in [5, 5.41) is 9.00. The summed E-state index contributed by atoms with van der Waals surface area (Å²) in [6.45, 7) is 7.11. The van der Waals surface area contributed by atoms with Crippen molar-refractivity contribution in [2.45, 2.75) is 37.6 Å². The van der Waals surface area contributed by atoms with Crippen LogP contribution in [0.2, 0.25) is 0 Å². The standard InChI is InChI=1S/C10H20BrNO/c1-8(11)9(2)12-5-3-10(7-13)4-6-12/h8-10,13H,3-7H2,1-2H3/t8?,9-/m0/s1. The molecule has 1 rings (SSSR count). The zero-order chi connectivity index (χ0) is 9.84. The molecule has 1 aliphatic heterocycles. The molecular weight excluding hydrogens is 230 g/mol. The topological polar surface area (TPSA) is 23.5 Å². The van der Waals surface area contributed by atoms with Crippen LogP contribution >= 0.6 is 15.9 Å². The summed E-state index contributed by atoms with van der Waals surface area (Å²) in [6.07, 6.45) is 2.31. The molecule has 3 heteroatoms. The zero-order valence-corrected chi connectivity index (χ0v) is 10.1. The van der Waals surface area contributed by atoms with Crippen LogP contribution in [0.3, 0.4) is 0 Å². The predicted octanol–water partition coefficient (Wildman–Crippen LogP) is 1.86. The number of halogens is 1. The van der Waals surface area contributed by atoms with E-state index in [9.17, 15) is 0 Å². The van der Waals surface area contributed by atoms with Crippen LogP contribution in [-0.2, 0) is 0 Å². The molecule has 0 aromatic rings. The molecule has 1 heterocycles. The number of hydrogen-bond donors (Lipinski definition) is 1. The summed E-state index contributed by atoms with van der Waals surface area (Å²) in [4.78, 5) is 3.06. The first-order chi connectivity index (χ1) is 6.15. The average molecular weight is 250 g/mol. The van der Waals surface area contributed by atoms with Gasteiger partial charge < -0.3 is 5.11 Å². The molecule has 1 saturated heterocycles. The van der Waals surface area contributed by atoms with Crippen molar-refractivity contribution in [3.63, 3.8) is 0 Å². The fourth-order valence-corrected chi connectivity index (χ4v) is 2.17. The van der Waals surface area contributed by atoms with E-state index in [1.54, 1.807) is 0 Å². The van der Waals surface area contributed by atoms with Crippen LogP contribution in [0.25, 0.3) is 0 Å². The molecule has 0 radical (unpaired) electrons. The summed E-state index contributed by atoms with van der Waals surface area (Å²) in [5.74, 6) is 0.550. The van der Waals surface area contributed by atoms with Crippen LogP contribution < -0.4 is 0 Å². The number of nitrogens with zero attached hydrogens (tertiary/aromatic N) is 1. The molecule has 0 spiro atoms. The fraction of sp³-hybridized carbons (Fsp3) is 1.00. The SMILES string of the molecule is CC(Br)[C@H](C)N1CCC(CO)CC1. The van der Waals surface area contributed by atoms with Crippen molar-refractivity contribution in [3.8, 4) is 0 Å². The Morgan fingerprint density at radius 1 is 1.38 bits per heavy atom. The van der Waals surface area contributed by atoms with E-state index in [1.165, 1.54) is 0 Å². The van der Waals surface area contributed by atoms with Gasteiger partial charge in [-0.15, -0.1) is 0 Å². The van der Waals surface area contributed by atoms with Crippen molar-refractivity contribution < 1.29 is 5.11 Å². The van der Waals surface area contributed by atoms with Crippen molar-refractivity contribution in [3.05, 3.63) is 0 Å². The molecule has 0 amide bonds. The third kappa shape index (κ3) is 3.22. The maximum absolute atomic E-state index is 9.00. The summed E-state index contributed by atoms with van der Waals surface area (Å²) in [6, 6.07) is 0.611. The average Bonchev–Trinajstić information content (AvgIpc) is 2.17. The molecular formula is C10H20BrNO. The summed E-state index contributed by atoms with van der Waals surface area (Å²) < 4.78 is 0. The van der Waals surface area contributed by atoms with E-state index in [4.69, 9.17) is 5.11 Å². The monoisotopic (exact) mass is 249 g/mol. The number of likely N-dealkylation sites (tertiary alicyclic amines) is 1. The molecule has 1 N–H and O–H groups in total. The number of aliphatic hydroxyl groups excluding tert-OH is 1. The highest BCUT2D eigenvalue weighted by molar-refractivity contribution is 9.09. The van der Waals surface area contributed by atoms with Crippen molar-refractivity contribution in [2.75, 3.05) is 19.7 Å². The Labute approximate surface area is 89.4 Å². The molecule has 0 saturated carbocycles. The smallest absolute Gasteiger partial charge is 0.0460 e. The maximum atomic E-state index is 9.00. The highest BCUT2D eigenvalue weighted by Gasteiger charge is 2.23. The number of piperidine rings is 1. The largest absolute Gasteiger partial charge is 0.396 e. The molecule has 13 heavy (non-hydrogen) atoms. The first-order valence-electron chi connectivity index (χ1n) is 5.14. The van der Waals surface area contributed by atoms with Gasteiger partial charge in [0.25, 0.3) is 0 Å². The first kappa shape index (κ1) is 11.5. The molecule has 0 aliphatic carbocycles. The fourth-order valence-electron chi connectivity index (χ4n) is 1.83. The van der Waals surface area contributed by atoms with Crippen molar-refractivity contribution in [1.29, 1.82) is 0 Å². The van der Waals surface area contributed by atoms with Crippen LogP contribution in [-0.4, -0.2) is 40.6 Å². The van der Waals surface area contributed by atoms with Crippen LogP contribution in [0.5, 0.6) is 0 Å². The van der Waals surface area contributed by atoms with Gasteiger partial charge in [-0.3, -0.25) is 4.90 Å². The lowest BCUT2D eigenvalue weighted by molar-refractivity contribution is 0.107. The van der Waals surface area contributed by atoms with E-state index < -0.39 is 0 Å². The molecule has 78 valence electrons. The molecule has 0 bridgehead atoms. The van der Waals surface area contributed by atoms with Crippen LogP contribution in [0.4, 0.5) is 0 Å². The highest BCUT2D eigenvalue weighted by Crippen LogP contribution is 2.21. The van der Waals surface area contributed by atoms with Crippen LogP contribution in [0.1, 0.15) is 26.7 Å². The first-order valence-corrected chi connectivity index (χ1v) is 6.05. The van der Waals surface area contributed by atoms with Gasteiger partial charge in [0.15, 0.2) is 0 Å². The minimum absolute atomic E-state index is 0.367.